The number of nitrogen functional groups attached to an aromatic ring is 1. The Labute approximate surface area is 120 Å². The van der Waals surface area contributed by atoms with Crippen molar-refractivity contribution in [3.63, 3.8) is 0 Å². The number of halogens is 2. The van der Waals surface area contributed by atoms with Gasteiger partial charge in [0.1, 0.15) is 5.82 Å². The van der Waals surface area contributed by atoms with Gasteiger partial charge in [-0.2, -0.15) is 0 Å². The average Bonchev–Trinajstić information content (AvgIpc) is 2.30. The van der Waals surface area contributed by atoms with Crippen LogP contribution in [0.15, 0.2) is 12.1 Å². The summed E-state index contributed by atoms with van der Waals surface area (Å²) in [5, 5.41) is 3.32. The van der Waals surface area contributed by atoms with Gasteiger partial charge >= 0.3 is 0 Å². The second-order valence-corrected chi connectivity index (χ2v) is 6.49. The standard InChI is InChI=1S/C13H18FIN2O/c1-13(2)11(6-12(13)18-3)17-10-4-7(14)8(15)5-9(10)16/h4-5,11-12,17H,6,16H2,1-3H3. The number of ether oxygens (including phenoxy) is 1. The fourth-order valence-electron chi connectivity index (χ4n) is 2.41. The first-order chi connectivity index (χ1) is 8.36. The van der Waals surface area contributed by atoms with Crippen molar-refractivity contribution < 1.29 is 9.13 Å². The van der Waals surface area contributed by atoms with Crippen LogP contribution >= 0.6 is 22.6 Å². The molecule has 2 rings (SSSR count). The maximum atomic E-state index is 13.5. The minimum Gasteiger partial charge on any atom is -0.397 e. The molecule has 0 heterocycles. The summed E-state index contributed by atoms with van der Waals surface area (Å²) in [6.45, 7) is 4.28. The Morgan fingerprint density at radius 2 is 2.17 bits per heavy atom. The molecule has 0 amide bonds. The van der Waals surface area contributed by atoms with E-state index < -0.39 is 0 Å². The Balaban J connectivity index is 2.14. The molecule has 100 valence electrons. The molecule has 1 aromatic rings. The third-order valence-electron chi connectivity index (χ3n) is 3.88. The zero-order valence-electron chi connectivity index (χ0n) is 10.8. The lowest BCUT2D eigenvalue weighted by atomic mass is 9.64. The molecule has 3 N–H and O–H groups in total. The van der Waals surface area contributed by atoms with Crippen molar-refractivity contribution in [1.82, 2.24) is 0 Å². The summed E-state index contributed by atoms with van der Waals surface area (Å²) in [4.78, 5) is 0. The number of anilines is 2. The topological polar surface area (TPSA) is 47.3 Å². The van der Waals surface area contributed by atoms with Gasteiger partial charge in [0.15, 0.2) is 0 Å². The average molecular weight is 364 g/mol. The summed E-state index contributed by atoms with van der Waals surface area (Å²) in [6, 6.07) is 3.37. The summed E-state index contributed by atoms with van der Waals surface area (Å²) < 4.78 is 19.5. The molecule has 0 aromatic heterocycles. The van der Waals surface area contributed by atoms with Crippen molar-refractivity contribution >= 4 is 34.0 Å². The summed E-state index contributed by atoms with van der Waals surface area (Å²) in [6.07, 6.45) is 1.15. The van der Waals surface area contributed by atoms with Crippen LogP contribution in [0.3, 0.4) is 0 Å². The van der Waals surface area contributed by atoms with Gasteiger partial charge < -0.3 is 15.8 Å². The first-order valence-corrected chi connectivity index (χ1v) is 6.98. The van der Waals surface area contributed by atoms with E-state index in [1.165, 1.54) is 6.07 Å². The lowest BCUT2D eigenvalue weighted by Crippen LogP contribution is -2.57. The van der Waals surface area contributed by atoms with Crippen LogP contribution in [-0.2, 0) is 4.74 Å². The molecule has 5 heteroatoms. The summed E-state index contributed by atoms with van der Waals surface area (Å²) in [5.41, 5.74) is 7.18. The van der Waals surface area contributed by atoms with E-state index in [4.69, 9.17) is 10.5 Å². The Morgan fingerprint density at radius 1 is 1.50 bits per heavy atom. The smallest absolute Gasteiger partial charge is 0.138 e. The molecule has 2 unspecified atom stereocenters. The van der Waals surface area contributed by atoms with Gasteiger partial charge in [-0.1, -0.05) is 13.8 Å². The SMILES string of the molecule is COC1CC(Nc2cc(F)c(I)cc2N)C1(C)C. The maximum Gasteiger partial charge on any atom is 0.138 e. The molecule has 1 aliphatic rings. The van der Waals surface area contributed by atoms with Crippen LogP contribution in [0.5, 0.6) is 0 Å². The highest BCUT2D eigenvalue weighted by molar-refractivity contribution is 14.1. The Hall–Kier alpha value is -0.560. The van der Waals surface area contributed by atoms with Gasteiger partial charge in [-0.25, -0.2) is 4.39 Å². The van der Waals surface area contributed by atoms with Crippen LogP contribution in [0.25, 0.3) is 0 Å². The highest BCUT2D eigenvalue weighted by atomic mass is 127. The Morgan fingerprint density at radius 3 is 2.72 bits per heavy atom. The molecular formula is C13H18FIN2O. The Kier molecular flexibility index (Phi) is 3.73. The number of benzene rings is 1. The van der Waals surface area contributed by atoms with E-state index in [1.54, 1.807) is 13.2 Å². The van der Waals surface area contributed by atoms with Gasteiger partial charge in [0.25, 0.3) is 0 Å². The molecule has 18 heavy (non-hydrogen) atoms. The van der Waals surface area contributed by atoms with Crippen LogP contribution in [0, 0.1) is 14.8 Å². The molecule has 3 nitrogen and oxygen atoms in total. The largest absolute Gasteiger partial charge is 0.397 e. The van der Waals surface area contributed by atoms with Gasteiger partial charge in [0.2, 0.25) is 0 Å². The molecule has 1 aliphatic carbocycles. The zero-order valence-corrected chi connectivity index (χ0v) is 12.9. The number of hydrogen-bond acceptors (Lipinski definition) is 3. The molecule has 0 bridgehead atoms. The van der Waals surface area contributed by atoms with Crippen LogP contribution in [0.1, 0.15) is 20.3 Å². The van der Waals surface area contributed by atoms with E-state index in [9.17, 15) is 4.39 Å². The Bertz CT molecular complexity index is 465. The third kappa shape index (κ3) is 2.30. The van der Waals surface area contributed by atoms with Crippen LogP contribution < -0.4 is 11.1 Å². The van der Waals surface area contributed by atoms with E-state index in [0.717, 1.165) is 6.42 Å². The first kappa shape index (κ1) is 13.9. The van der Waals surface area contributed by atoms with Gasteiger partial charge in [0.05, 0.1) is 21.0 Å². The quantitative estimate of drug-likeness (QED) is 0.640. The van der Waals surface area contributed by atoms with Crippen molar-refractivity contribution in [1.29, 1.82) is 0 Å². The molecule has 0 radical (unpaired) electrons. The first-order valence-electron chi connectivity index (χ1n) is 5.90. The van der Waals surface area contributed by atoms with E-state index >= 15 is 0 Å². The van der Waals surface area contributed by atoms with Crippen molar-refractivity contribution in [3.8, 4) is 0 Å². The van der Waals surface area contributed by atoms with Crippen LogP contribution in [-0.4, -0.2) is 19.3 Å². The second kappa shape index (κ2) is 4.85. The molecular weight excluding hydrogens is 346 g/mol. The van der Waals surface area contributed by atoms with Crippen molar-refractivity contribution in [2.45, 2.75) is 32.4 Å². The molecule has 0 spiro atoms. The summed E-state index contributed by atoms with van der Waals surface area (Å²) >= 11 is 1.94. The van der Waals surface area contributed by atoms with Crippen molar-refractivity contribution in [2.75, 3.05) is 18.2 Å². The third-order valence-corrected chi connectivity index (χ3v) is 4.71. The second-order valence-electron chi connectivity index (χ2n) is 5.33. The molecule has 2 atom stereocenters. The van der Waals surface area contributed by atoms with E-state index in [-0.39, 0.29) is 23.4 Å². The number of nitrogens with two attached hydrogens (primary N) is 1. The van der Waals surface area contributed by atoms with Crippen molar-refractivity contribution in [3.05, 3.63) is 21.5 Å². The van der Waals surface area contributed by atoms with Crippen LogP contribution in [0.4, 0.5) is 15.8 Å². The summed E-state index contributed by atoms with van der Waals surface area (Å²) in [7, 11) is 1.72. The zero-order chi connectivity index (χ0) is 13.5. The van der Waals surface area contributed by atoms with E-state index in [0.29, 0.717) is 14.9 Å². The normalized spacial score (nSPS) is 25.6. The van der Waals surface area contributed by atoms with Gasteiger partial charge in [-0.15, -0.1) is 0 Å². The van der Waals surface area contributed by atoms with Gasteiger partial charge in [-0.3, -0.25) is 0 Å². The van der Waals surface area contributed by atoms with Gasteiger partial charge in [0, 0.05) is 24.6 Å². The monoisotopic (exact) mass is 364 g/mol. The number of nitrogens with one attached hydrogen (secondary N) is 1. The highest BCUT2D eigenvalue weighted by Gasteiger charge is 2.48. The molecule has 1 aromatic carbocycles. The van der Waals surface area contributed by atoms with E-state index in [2.05, 4.69) is 19.2 Å². The predicted octanol–water partition coefficient (Wildman–Crippen LogP) is 3.24. The van der Waals surface area contributed by atoms with Gasteiger partial charge in [-0.05, 0) is 35.1 Å². The maximum absolute atomic E-state index is 13.5. The predicted molar refractivity (Wildman–Crippen MR) is 80.1 cm³/mol. The highest BCUT2D eigenvalue weighted by Crippen LogP contribution is 2.44. The van der Waals surface area contributed by atoms with E-state index in [1.807, 2.05) is 22.6 Å². The molecule has 0 saturated heterocycles. The molecule has 1 saturated carbocycles. The fourth-order valence-corrected chi connectivity index (χ4v) is 2.90. The lowest BCUT2D eigenvalue weighted by molar-refractivity contribution is -0.0794. The van der Waals surface area contributed by atoms with Crippen LogP contribution in [0.2, 0.25) is 0 Å². The minimum atomic E-state index is -0.243. The van der Waals surface area contributed by atoms with Crippen molar-refractivity contribution in [2.24, 2.45) is 5.41 Å². The number of methoxy groups -OCH3 is 1. The minimum absolute atomic E-state index is 0.0284. The number of hydrogen-bond donors (Lipinski definition) is 2. The molecule has 0 aliphatic heterocycles. The molecule has 1 fully saturated rings. The fraction of sp³-hybridized carbons (Fsp3) is 0.538. The number of rotatable bonds is 3. The summed E-state index contributed by atoms with van der Waals surface area (Å²) in [5.74, 6) is -0.243. The lowest BCUT2D eigenvalue weighted by Gasteiger charge is -2.51.